The molecule has 1 aromatic carbocycles. The van der Waals surface area contributed by atoms with Crippen LogP contribution in [0.15, 0.2) is 29.2 Å². The van der Waals surface area contributed by atoms with Crippen molar-refractivity contribution < 1.29 is 13.5 Å². The highest BCUT2D eigenvalue weighted by atomic mass is 32.2. The maximum absolute atomic E-state index is 11.8. The maximum atomic E-state index is 11.8. The molecular weight excluding hydrogens is 240 g/mol. The highest BCUT2D eigenvalue weighted by Crippen LogP contribution is 2.10. The second-order valence-corrected chi connectivity index (χ2v) is 5.32. The van der Waals surface area contributed by atoms with Gasteiger partial charge >= 0.3 is 0 Å². The summed E-state index contributed by atoms with van der Waals surface area (Å²) < 4.78 is 25.9. The minimum Gasteiger partial charge on any atom is -0.392 e. The molecule has 17 heavy (non-hydrogen) atoms. The summed E-state index contributed by atoms with van der Waals surface area (Å²) in [5.74, 6) is 0. The Bertz CT molecular complexity index is 520. The molecule has 6 heteroatoms. The molecule has 0 fully saturated rings. The smallest absolute Gasteiger partial charge is 0.240 e. The number of hydrogen-bond donors (Lipinski definition) is 2. The second kappa shape index (κ2) is 5.77. The quantitative estimate of drug-likeness (QED) is 0.805. The first kappa shape index (κ1) is 13.6. The van der Waals surface area contributed by atoms with Crippen LogP contribution in [-0.4, -0.2) is 26.2 Å². The number of aliphatic hydroxyl groups excluding tert-OH is 1. The summed E-state index contributed by atoms with van der Waals surface area (Å²) in [7, 11) is -3.66. The van der Waals surface area contributed by atoms with Crippen LogP contribution in [0.5, 0.6) is 0 Å². The first-order valence-electron chi connectivity index (χ1n) is 5.17. The van der Waals surface area contributed by atoms with Crippen molar-refractivity contribution in [1.82, 2.24) is 4.72 Å². The fourth-order valence-electron chi connectivity index (χ4n) is 1.17. The first-order chi connectivity index (χ1) is 7.99. The van der Waals surface area contributed by atoms with Crippen LogP contribution in [0.2, 0.25) is 0 Å². The van der Waals surface area contributed by atoms with Crippen molar-refractivity contribution in [3.63, 3.8) is 0 Å². The summed E-state index contributed by atoms with van der Waals surface area (Å²) in [6.07, 6.45) is -0.232. The van der Waals surface area contributed by atoms with Crippen LogP contribution in [0, 0.1) is 11.3 Å². The Morgan fingerprint density at radius 3 is 2.82 bits per heavy atom. The molecule has 2 N–H and O–H groups in total. The van der Waals surface area contributed by atoms with Crippen molar-refractivity contribution in [1.29, 1.82) is 5.26 Å². The number of nitrogens with one attached hydrogen (secondary N) is 1. The van der Waals surface area contributed by atoms with Crippen molar-refractivity contribution >= 4 is 10.0 Å². The molecule has 0 spiro atoms. The van der Waals surface area contributed by atoms with Crippen LogP contribution in [0.3, 0.4) is 0 Å². The van der Waals surface area contributed by atoms with Crippen molar-refractivity contribution in [3.8, 4) is 6.07 Å². The predicted octanol–water partition coefficient (Wildman–Crippen LogP) is 0.607. The average molecular weight is 254 g/mol. The van der Waals surface area contributed by atoms with Gasteiger partial charge in [0.25, 0.3) is 0 Å². The zero-order valence-electron chi connectivity index (χ0n) is 9.42. The van der Waals surface area contributed by atoms with Gasteiger partial charge in [0.05, 0.1) is 22.6 Å². The number of sulfonamides is 1. The largest absolute Gasteiger partial charge is 0.392 e. The molecule has 1 unspecified atom stereocenters. The van der Waals surface area contributed by atoms with Gasteiger partial charge < -0.3 is 5.11 Å². The summed E-state index contributed by atoms with van der Waals surface area (Å²) in [5, 5.41) is 18.0. The fraction of sp³-hybridized carbons (Fsp3) is 0.364. The summed E-state index contributed by atoms with van der Waals surface area (Å²) >= 11 is 0. The second-order valence-electron chi connectivity index (χ2n) is 3.55. The van der Waals surface area contributed by atoms with E-state index in [4.69, 9.17) is 5.26 Å². The van der Waals surface area contributed by atoms with E-state index in [1.807, 2.05) is 6.07 Å². The van der Waals surface area contributed by atoms with Crippen LogP contribution in [0.25, 0.3) is 0 Å². The zero-order valence-corrected chi connectivity index (χ0v) is 10.2. The Hall–Kier alpha value is -1.42. The van der Waals surface area contributed by atoms with E-state index in [0.717, 1.165) is 0 Å². The number of nitriles is 1. The molecule has 1 rings (SSSR count). The maximum Gasteiger partial charge on any atom is 0.240 e. The Labute approximate surface area is 101 Å². The van der Waals surface area contributed by atoms with Gasteiger partial charge in [-0.05, 0) is 24.6 Å². The number of benzene rings is 1. The molecule has 5 nitrogen and oxygen atoms in total. The summed E-state index contributed by atoms with van der Waals surface area (Å²) in [6, 6.07) is 7.60. The van der Waals surface area contributed by atoms with E-state index in [-0.39, 0.29) is 17.0 Å². The molecule has 0 aliphatic heterocycles. The SMILES string of the molecule is CCC(O)CNS(=O)(=O)c1cccc(C#N)c1. The van der Waals surface area contributed by atoms with Crippen LogP contribution < -0.4 is 4.72 Å². The topological polar surface area (TPSA) is 90.2 Å². The zero-order chi connectivity index (χ0) is 12.9. The standard InChI is InChI=1S/C11H14N2O3S/c1-2-10(14)8-13-17(15,16)11-5-3-4-9(6-11)7-12/h3-6,10,13-14H,2,8H2,1H3. The molecule has 0 saturated carbocycles. The summed E-state index contributed by atoms with van der Waals surface area (Å²) in [5.41, 5.74) is 0.281. The third-order valence-corrected chi connectivity index (χ3v) is 3.67. The monoisotopic (exact) mass is 254 g/mol. The fourth-order valence-corrected chi connectivity index (χ4v) is 2.28. The molecule has 92 valence electrons. The third kappa shape index (κ3) is 3.82. The molecule has 0 aliphatic rings. The highest BCUT2D eigenvalue weighted by molar-refractivity contribution is 7.89. The van der Waals surface area contributed by atoms with Crippen LogP contribution in [-0.2, 0) is 10.0 Å². The number of hydrogen-bond acceptors (Lipinski definition) is 4. The van der Waals surface area contributed by atoms with Gasteiger partial charge in [-0.3, -0.25) is 0 Å². The minimum absolute atomic E-state index is 0.0276. The molecule has 1 atom stereocenters. The van der Waals surface area contributed by atoms with Crippen LogP contribution >= 0.6 is 0 Å². The normalized spacial score (nSPS) is 13.0. The number of aliphatic hydroxyl groups is 1. The van der Waals surface area contributed by atoms with Gasteiger partial charge in [-0.25, -0.2) is 13.1 Å². The molecule has 0 heterocycles. The van der Waals surface area contributed by atoms with Gasteiger partial charge in [0.1, 0.15) is 0 Å². The molecule has 0 bridgehead atoms. The summed E-state index contributed by atoms with van der Waals surface area (Å²) in [4.78, 5) is 0.0276. The Kier molecular flexibility index (Phi) is 4.63. The van der Waals surface area contributed by atoms with Crippen molar-refractivity contribution in [2.45, 2.75) is 24.3 Å². The summed E-state index contributed by atoms with van der Waals surface area (Å²) in [6.45, 7) is 1.73. The van der Waals surface area contributed by atoms with Crippen LogP contribution in [0.1, 0.15) is 18.9 Å². The highest BCUT2D eigenvalue weighted by Gasteiger charge is 2.15. The molecule has 0 aromatic heterocycles. The van der Waals surface area contributed by atoms with Gasteiger partial charge in [0.2, 0.25) is 10.0 Å². The number of nitrogens with zero attached hydrogens (tertiary/aromatic N) is 1. The Morgan fingerprint density at radius 1 is 1.53 bits per heavy atom. The lowest BCUT2D eigenvalue weighted by atomic mass is 10.2. The Balaban J connectivity index is 2.86. The minimum atomic E-state index is -3.66. The van der Waals surface area contributed by atoms with E-state index in [1.54, 1.807) is 6.92 Å². The van der Waals surface area contributed by atoms with Crippen molar-refractivity contribution in [2.24, 2.45) is 0 Å². The van der Waals surface area contributed by atoms with Gasteiger partial charge in [-0.1, -0.05) is 13.0 Å². The lowest BCUT2D eigenvalue weighted by molar-refractivity contribution is 0.174. The molecule has 0 saturated heterocycles. The molecule has 0 amide bonds. The van der Waals surface area contributed by atoms with Gasteiger partial charge in [0, 0.05) is 6.54 Å². The van der Waals surface area contributed by atoms with E-state index in [1.165, 1.54) is 24.3 Å². The first-order valence-corrected chi connectivity index (χ1v) is 6.66. The van der Waals surface area contributed by atoms with E-state index < -0.39 is 16.1 Å². The Morgan fingerprint density at radius 2 is 2.24 bits per heavy atom. The average Bonchev–Trinajstić information content (AvgIpc) is 2.36. The van der Waals surface area contributed by atoms with Gasteiger partial charge in [0.15, 0.2) is 0 Å². The predicted molar refractivity (Wildman–Crippen MR) is 62.6 cm³/mol. The lowest BCUT2D eigenvalue weighted by Gasteiger charge is -2.10. The molecule has 1 aromatic rings. The number of rotatable bonds is 5. The lowest BCUT2D eigenvalue weighted by Crippen LogP contribution is -2.31. The van der Waals surface area contributed by atoms with Crippen molar-refractivity contribution in [2.75, 3.05) is 6.54 Å². The van der Waals surface area contributed by atoms with Gasteiger partial charge in [-0.2, -0.15) is 5.26 Å². The molecular formula is C11H14N2O3S. The van der Waals surface area contributed by atoms with Gasteiger partial charge in [-0.15, -0.1) is 0 Å². The van der Waals surface area contributed by atoms with Crippen molar-refractivity contribution in [3.05, 3.63) is 29.8 Å². The van der Waals surface area contributed by atoms with E-state index in [0.29, 0.717) is 6.42 Å². The van der Waals surface area contributed by atoms with E-state index >= 15 is 0 Å². The molecule has 0 aliphatic carbocycles. The molecule has 0 radical (unpaired) electrons. The third-order valence-electron chi connectivity index (χ3n) is 2.25. The van der Waals surface area contributed by atoms with E-state index in [9.17, 15) is 13.5 Å². The van der Waals surface area contributed by atoms with E-state index in [2.05, 4.69) is 4.72 Å². The van der Waals surface area contributed by atoms with Crippen LogP contribution in [0.4, 0.5) is 0 Å².